The summed E-state index contributed by atoms with van der Waals surface area (Å²) in [6.45, 7) is 1.63. The van der Waals surface area contributed by atoms with E-state index >= 15 is 0 Å². The number of hydrogen-bond acceptors (Lipinski definition) is 7. The highest BCUT2D eigenvalue weighted by molar-refractivity contribution is 5.93. The van der Waals surface area contributed by atoms with Gasteiger partial charge in [0.25, 0.3) is 0 Å². The topological polar surface area (TPSA) is 115 Å². The number of fused-ring (bicyclic) bond motifs is 1. The smallest absolute Gasteiger partial charge is 0.347 e. The number of aromatic hydroxyl groups is 1. The first-order valence-corrected chi connectivity index (χ1v) is 7.09. The maximum absolute atomic E-state index is 12.6. The molecule has 1 aromatic rings. The second kappa shape index (κ2) is 5.99. The van der Waals surface area contributed by atoms with Crippen LogP contribution in [0.4, 0.5) is 0 Å². The predicted octanol–water partition coefficient (Wildman–Crippen LogP) is 1.53. The van der Waals surface area contributed by atoms with Crippen molar-refractivity contribution in [2.45, 2.75) is 6.92 Å². The average molecular weight is 327 g/mol. The van der Waals surface area contributed by atoms with E-state index in [1.54, 1.807) is 31.5 Å². The van der Waals surface area contributed by atoms with Crippen molar-refractivity contribution in [3.63, 3.8) is 0 Å². The Kier molecular flexibility index (Phi) is 3.87. The summed E-state index contributed by atoms with van der Waals surface area (Å²) in [5.41, 5.74) is -0.120. The molecule has 0 unspecified atom stereocenters. The largest absolute Gasteiger partial charge is 0.493 e. The van der Waals surface area contributed by atoms with Gasteiger partial charge >= 0.3 is 5.97 Å². The van der Waals surface area contributed by atoms with E-state index in [2.05, 4.69) is 9.97 Å². The molecule has 2 N–H and O–H groups in total. The molecule has 0 spiro atoms. The van der Waals surface area contributed by atoms with Crippen molar-refractivity contribution in [3.05, 3.63) is 52.6 Å². The summed E-state index contributed by atoms with van der Waals surface area (Å²) in [6.07, 6.45) is 4.48. The lowest BCUT2D eigenvalue weighted by molar-refractivity contribution is 0.0520. The summed E-state index contributed by atoms with van der Waals surface area (Å²) in [5.74, 6) is -1.91. The fraction of sp³-hybridized carbons (Fsp3) is 0.125. The lowest BCUT2D eigenvalue weighted by Crippen LogP contribution is -2.23. The van der Waals surface area contributed by atoms with Crippen molar-refractivity contribution in [2.75, 3.05) is 6.61 Å². The van der Waals surface area contributed by atoms with Crippen LogP contribution >= 0.6 is 0 Å². The van der Waals surface area contributed by atoms with Crippen molar-refractivity contribution in [1.29, 1.82) is 0 Å². The first kappa shape index (κ1) is 15.5. The minimum atomic E-state index is -0.965. The van der Waals surface area contributed by atoms with Gasteiger partial charge in [0.1, 0.15) is 0 Å². The first-order chi connectivity index (χ1) is 11.5. The van der Waals surface area contributed by atoms with Crippen LogP contribution in [-0.2, 0) is 4.74 Å². The predicted molar refractivity (Wildman–Crippen MR) is 83.2 cm³/mol. The van der Waals surface area contributed by atoms with Crippen molar-refractivity contribution < 1.29 is 19.8 Å². The molecule has 1 aromatic heterocycles. The Bertz CT molecular complexity index is 937. The number of esters is 1. The van der Waals surface area contributed by atoms with Crippen LogP contribution in [-0.4, -0.2) is 37.6 Å². The van der Waals surface area contributed by atoms with Crippen molar-refractivity contribution >= 4 is 5.97 Å². The van der Waals surface area contributed by atoms with Crippen LogP contribution in [0.3, 0.4) is 0 Å². The standard InChI is InChI=1S/C16H13N3O5/c1-2-24-16(22)12-13(20)11-7-10(9-3-5-17-6-4-9)8-19(23)14(11)18-15(12)21/h3-8,21,23H,2H2,1H3. The maximum atomic E-state index is 12.6. The number of carbonyl (C=O) groups excluding carboxylic acids is 1. The number of rotatable bonds is 3. The van der Waals surface area contributed by atoms with Crippen LogP contribution in [0.2, 0.25) is 0 Å². The van der Waals surface area contributed by atoms with Gasteiger partial charge in [-0.3, -0.25) is 9.78 Å². The van der Waals surface area contributed by atoms with E-state index in [1.807, 2.05) is 0 Å². The van der Waals surface area contributed by atoms with Crippen molar-refractivity contribution in [2.24, 2.45) is 0 Å². The van der Waals surface area contributed by atoms with Crippen LogP contribution < -0.4 is 5.43 Å². The van der Waals surface area contributed by atoms with Crippen LogP contribution in [0.5, 0.6) is 5.88 Å². The molecular weight excluding hydrogens is 314 g/mol. The average Bonchev–Trinajstić information content (AvgIpc) is 2.57. The quantitative estimate of drug-likeness (QED) is 0.554. The highest BCUT2D eigenvalue weighted by Gasteiger charge is 2.26. The van der Waals surface area contributed by atoms with E-state index in [0.717, 1.165) is 0 Å². The van der Waals surface area contributed by atoms with Gasteiger partial charge in [-0.1, -0.05) is 0 Å². The Balaban J connectivity index is 2.28. The molecule has 0 bridgehead atoms. The molecule has 24 heavy (non-hydrogen) atoms. The summed E-state index contributed by atoms with van der Waals surface area (Å²) in [4.78, 5) is 32.1. The molecule has 122 valence electrons. The highest BCUT2D eigenvalue weighted by Crippen LogP contribution is 2.27. The molecule has 8 heteroatoms. The van der Waals surface area contributed by atoms with Gasteiger partial charge in [-0.05, 0) is 30.7 Å². The van der Waals surface area contributed by atoms with Gasteiger partial charge in [-0.15, -0.1) is 0 Å². The van der Waals surface area contributed by atoms with Gasteiger partial charge in [-0.25, -0.2) is 4.79 Å². The summed E-state index contributed by atoms with van der Waals surface area (Å²) in [6, 6.07) is 4.88. The maximum Gasteiger partial charge on any atom is 0.347 e. The minimum absolute atomic E-state index is 0.0207. The molecule has 0 aromatic carbocycles. The summed E-state index contributed by atoms with van der Waals surface area (Å²) in [5, 5.41) is 19.9. The van der Waals surface area contributed by atoms with Crippen LogP contribution in [0, 0.1) is 0 Å². The van der Waals surface area contributed by atoms with E-state index in [-0.39, 0.29) is 18.0 Å². The Morgan fingerprint density at radius 2 is 2.00 bits per heavy atom. The summed E-state index contributed by atoms with van der Waals surface area (Å²) >= 11 is 0. The fourth-order valence-electron chi connectivity index (χ4n) is 2.33. The zero-order valence-electron chi connectivity index (χ0n) is 12.6. The van der Waals surface area contributed by atoms with Crippen LogP contribution in [0.1, 0.15) is 17.3 Å². The minimum Gasteiger partial charge on any atom is -0.493 e. The van der Waals surface area contributed by atoms with E-state index in [9.17, 15) is 19.9 Å². The first-order valence-electron chi connectivity index (χ1n) is 7.09. The second-order valence-corrected chi connectivity index (χ2v) is 4.91. The molecule has 3 rings (SSSR count). The van der Waals surface area contributed by atoms with Gasteiger partial charge in [0.05, 0.1) is 18.4 Å². The molecule has 3 heterocycles. The lowest BCUT2D eigenvalue weighted by atomic mass is 10.0. The van der Waals surface area contributed by atoms with Gasteiger partial charge in [0.2, 0.25) is 11.3 Å². The second-order valence-electron chi connectivity index (χ2n) is 4.91. The zero-order chi connectivity index (χ0) is 17.3. The molecule has 0 aliphatic carbocycles. The van der Waals surface area contributed by atoms with Gasteiger partial charge in [0.15, 0.2) is 11.4 Å². The molecule has 0 saturated heterocycles. The number of hydrogen-bond donors (Lipinski definition) is 2. The Morgan fingerprint density at radius 3 is 2.67 bits per heavy atom. The molecule has 0 fully saturated rings. The number of ether oxygens (including phenoxy) is 1. The molecule has 2 aliphatic heterocycles. The molecule has 0 radical (unpaired) electrons. The third-order valence-electron chi connectivity index (χ3n) is 3.42. The normalized spacial score (nSPS) is 10.7. The van der Waals surface area contributed by atoms with Gasteiger partial charge < -0.3 is 15.1 Å². The molecule has 8 nitrogen and oxygen atoms in total. The Morgan fingerprint density at radius 1 is 1.29 bits per heavy atom. The monoisotopic (exact) mass is 327 g/mol. The van der Waals surface area contributed by atoms with E-state index < -0.39 is 22.8 Å². The molecular formula is C16H13N3O5. The number of aromatic nitrogens is 3. The summed E-state index contributed by atoms with van der Waals surface area (Å²) in [7, 11) is 0. The Hall–Kier alpha value is -3.42. The number of pyridine rings is 3. The SMILES string of the molecule is CCOC(=O)c1c(O)nc2n(O)cc(-c3ccncc3)cc-2c1=O. The van der Waals surface area contributed by atoms with E-state index in [1.165, 1.54) is 12.3 Å². The lowest BCUT2D eigenvalue weighted by Gasteiger charge is -2.13. The highest BCUT2D eigenvalue weighted by atomic mass is 16.5. The number of nitrogens with zero attached hydrogens (tertiary/aromatic N) is 3. The van der Waals surface area contributed by atoms with Gasteiger partial charge in [0, 0.05) is 18.0 Å². The number of carbonyl (C=O) groups is 1. The molecule has 0 amide bonds. The molecule has 2 aliphatic rings. The zero-order valence-corrected chi connectivity index (χ0v) is 12.6. The molecule has 0 atom stereocenters. The fourth-order valence-corrected chi connectivity index (χ4v) is 2.33. The van der Waals surface area contributed by atoms with E-state index in [4.69, 9.17) is 4.74 Å². The summed E-state index contributed by atoms with van der Waals surface area (Å²) < 4.78 is 5.39. The van der Waals surface area contributed by atoms with Crippen molar-refractivity contribution in [1.82, 2.24) is 14.7 Å². The van der Waals surface area contributed by atoms with E-state index in [0.29, 0.717) is 15.9 Å². The van der Waals surface area contributed by atoms with Crippen molar-refractivity contribution in [3.8, 4) is 28.4 Å². The van der Waals surface area contributed by atoms with Crippen LogP contribution in [0.15, 0.2) is 41.6 Å². The molecule has 0 saturated carbocycles. The third-order valence-corrected chi connectivity index (χ3v) is 3.42. The van der Waals surface area contributed by atoms with Crippen LogP contribution in [0.25, 0.3) is 22.5 Å². The Labute approximate surface area is 135 Å². The van der Waals surface area contributed by atoms with Gasteiger partial charge in [-0.2, -0.15) is 9.71 Å². The third kappa shape index (κ3) is 2.54.